The van der Waals surface area contributed by atoms with Crippen LogP contribution in [0.15, 0.2) is 34.7 Å². The van der Waals surface area contributed by atoms with Gasteiger partial charge >= 0.3 is 5.97 Å². The molecule has 0 aliphatic rings. The van der Waals surface area contributed by atoms with Gasteiger partial charge in [0.15, 0.2) is 0 Å². The van der Waals surface area contributed by atoms with E-state index in [2.05, 4.69) is 10.6 Å². The maximum Gasteiger partial charge on any atom is 0.335 e. The van der Waals surface area contributed by atoms with E-state index >= 15 is 0 Å². The van der Waals surface area contributed by atoms with Gasteiger partial charge in [0.05, 0.1) is 23.7 Å². The van der Waals surface area contributed by atoms with Gasteiger partial charge in [-0.05, 0) is 49.8 Å². The van der Waals surface area contributed by atoms with Crippen molar-refractivity contribution in [3.05, 3.63) is 46.7 Å². The molecule has 6 nitrogen and oxygen atoms in total. The Morgan fingerprint density at radius 1 is 1.12 bits per heavy atom. The van der Waals surface area contributed by atoms with E-state index in [0.717, 1.165) is 25.3 Å². The van der Waals surface area contributed by atoms with Crippen molar-refractivity contribution in [2.75, 3.05) is 26.2 Å². The lowest BCUT2D eigenvalue weighted by Crippen LogP contribution is -2.23. The molecule has 0 amide bonds. The first kappa shape index (κ1) is 18.5. The Labute approximate surface area is 145 Å². The smallest absolute Gasteiger partial charge is 0.335 e. The van der Waals surface area contributed by atoms with Gasteiger partial charge in [-0.3, -0.25) is 0 Å². The van der Waals surface area contributed by atoms with Crippen LogP contribution < -0.4 is 10.6 Å². The van der Waals surface area contributed by atoms with Crippen LogP contribution in [0.2, 0.25) is 5.02 Å². The number of carbonyl (C=O) groups is 1. The lowest BCUT2D eigenvalue weighted by molar-refractivity contribution is 0.0697. The highest BCUT2D eigenvalue weighted by Crippen LogP contribution is 2.30. The number of nitrogens with one attached hydrogen (secondary N) is 2. The van der Waals surface area contributed by atoms with Gasteiger partial charge in [0.2, 0.25) is 0 Å². The third-order valence-electron chi connectivity index (χ3n) is 3.44. The number of carboxylic acids is 1. The molecule has 1 aromatic heterocycles. The van der Waals surface area contributed by atoms with Gasteiger partial charge in [-0.25, -0.2) is 4.79 Å². The number of aliphatic hydroxyl groups excluding tert-OH is 1. The average molecular weight is 353 g/mol. The zero-order chi connectivity index (χ0) is 17.4. The van der Waals surface area contributed by atoms with Crippen LogP contribution in [0.25, 0.3) is 11.3 Å². The molecular weight excluding hydrogens is 332 g/mol. The van der Waals surface area contributed by atoms with E-state index in [1.54, 1.807) is 12.1 Å². The summed E-state index contributed by atoms with van der Waals surface area (Å²) in [5, 5.41) is 24.5. The molecule has 2 aromatic rings. The lowest BCUT2D eigenvalue weighted by atomic mass is 10.1. The fraction of sp³-hybridized carbons (Fsp3) is 0.353. The van der Waals surface area contributed by atoms with Crippen LogP contribution in [0.3, 0.4) is 0 Å². The summed E-state index contributed by atoms with van der Waals surface area (Å²) in [6.45, 7) is 3.00. The van der Waals surface area contributed by atoms with E-state index in [1.807, 2.05) is 6.07 Å². The topological polar surface area (TPSA) is 94.7 Å². The standard InChI is InChI=1S/C17H21ClN2O4/c18-15-4-2-12(17(22)23)10-14(15)16-5-3-13(24-16)11-20-7-1-6-19-8-9-21/h2-5,10,19-21H,1,6-9,11H2,(H,22,23). The lowest BCUT2D eigenvalue weighted by Gasteiger charge is -2.05. The summed E-state index contributed by atoms with van der Waals surface area (Å²) < 4.78 is 5.74. The zero-order valence-corrected chi connectivity index (χ0v) is 14.0. The second kappa shape index (κ2) is 9.44. The van der Waals surface area contributed by atoms with Crippen molar-refractivity contribution in [3.8, 4) is 11.3 Å². The molecule has 1 aromatic carbocycles. The number of furan rings is 1. The summed E-state index contributed by atoms with van der Waals surface area (Å²) in [5.74, 6) is 0.297. The second-order valence-corrected chi connectivity index (χ2v) is 5.68. The Bertz CT molecular complexity index is 672. The monoisotopic (exact) mass is 352 g/mol. The highest BCUT2D eigenvalue weighted by atomic mass is 35.5. The quantitative estimate of drug-likeness (QED) is 0.490. The summed E-state index contributed by atoms with van der Waals surface area (Å²) in [6.07, 6.45) is 0.944. The van der Waals surface area contributed by atoms with Gasteiger partial charge in [0.25, 0.3) is 0 Å². The number of benzene rings is 1. The normalized spacial score (nSPS) is 10.9. The number of halogens is 1. The highest BCUT2D eigenvalue weighted by Gasteiger charge is 2.12. The predicted molar refractivity (Wildman–Crippen MR) is 92.4 cm³/mol. The van der Waals surface area contributed by atoms with Crippen molar-refractivity contribution in [2.24, 2.45) is 0 Å². The molecule has 0 bridgehead atoms. The van der Waals surface area contributed by atoms with E-state index in [-0.39, 0.29) is 12.2 Å². The maximum atomic E-state index is 11.1. The van der Waals surface area contributed by atoms with Gasteiger partial charge in [0, 0.05) is 12.1 Å². The van der Waals surface area contributed by atoms with E-state index < -0.39 is 5.97 Å². The van der Waals surface area contributed by atoms with Crippen LogP contribution in [-0.2, 0) is 6.54 Å². The molecule has 2 rings (SSSR count). The molecule has 0 atom stereocenters. The van der Waals surface area contributed by atoms with Crippen molar-refractivity contribution < 1.29 is 19.4 Å². The minimum absolute atomic E-state index is 0.147. The second-order valence-electron chi connectivity index (χ2n) is 5.27. The molecule has 0 aliphatic carbocycles. The van der Waals surface area contributed by atoms with Crippen molar-refractivity contribution in [2.45, 2.75) is 13.0 Å². The Morgan fingerprint density at radius 2 is 1.92 bits per heavy atom. The van der Waals surface area contributed by atoms with E-state index in [4.69, 9.17) is 26.2 Å². The predicted octanol–water partition coefficient (Wildman–Crippen LogP) is 2.36. The van der Waals surface area contributed by atoms with Crippen LogP contribution in [0, 0.1) is 0 Å². The minimum atomic E-state index is -1.00. The number of rotatable bonds is 10. The number of carboxylic acid groups (broad SMARTS) is 1. The van der Waals surface area contributed by atoms with Gasteiger partial charge in [0.1, 0.15) is 11.5 Å². The Hall–Kier alpha value is -1.86. The summed E-state index contributed by atoms with van der Waals surface area (Å²) in [6, 6.07) is 8.15. The van der Waals surface area contributed by atoms with E-state index in [1.165, 1.54) is 12.1 Å². The SMILES string of the molecule is O=C(O)c1ccc(Cl)c(-c2ccc(CNCCCNCCO)o2)c1. The minimum Gasteiger partial charge on any atom is -0.478 e. The van der Waals surface area contributed by atoms with Crippen LogP contribution in [0.4, 0.5) is 0 Å². The largest absolute Gasteiger partial charge is 0.478 e. The fourth-order valence-corrected chi connectivity index (χ4v) is 2.43. The Kier molecular flexibility index (Phi) is 7.27. The third kappa shape index (κ3) is 5.35. The zero-order valence-electron chi connectivity index (χ0n) is 13.2. The van der Waals surface area contributed by atoms with Crippen LogP contribution in [-0.4, -0.2) is 42.4 Å². The fourth-order valence-electron chi connectivity index (χ4n) is 2.22. The van der Waals surface area contributed by atoms with Gasteiger partial charge in [-0.15, -0.1) is 0 Å². The molecule has 0 unspecified atom stereocenters. The number of aliphatic hydroxyl groups is 1. The molecular formula is C17H21ClN2O4. The first-order valence-electron chi connectivity index (χ1n) is 7.76. The van der Waals surface area contributed by atoms with E-state index in [0.29, 0.717) is 29.4 Å². The van der Waals surface area contributed by atoms with Gasteiger partial charge < -0.3 is 25.3 Å². The third-order valence-corrected chi connectivity index (χ3v) is 3.76. The molecule has 130 valence electrons. The highest BCUT2D eigenvalue weighted by molar-refractivity contribution is 6.33. The van der Waals surface area contributed by atoms with Gasteiger partial charge in [-0.1, -0.05) is 11.6 Å². The van der Waals surface area contributed by atoms with Crippen molar-refractivity contribution in [1.82, 2.24) is 10.6 Å². The van der Waals surface area contributed by atoms with Crippen LogP contribution in [0.1, 0.15) is 22.5 Å². The van der Waals surface area contributed by atoms with E-state index in [9.17, 15) is 4.79 Å². The molecule has 0 aliphatic heterocycles. The summed E-state index contributed by atoms with van der Waals surface area (Å²) in [5.41, 5.74) is 0.733. The summed E-state index contributed by atoms with van der Waals surface area (Å²) in [4.78, 5) is 11.1. The molecule has 0 radical (unpaired) electrons. The summed E-state index contributed by atoms with van der Waals surface area (Å²) in [7, 11) is 0. The Morgan fingerprint density at radius 3 is 2.67 bits per heavy atom. The number of aromatic carboxylic acids is 1. The first-order valence-corrected chi connectivity index (χ1v) is 8.14. The molecule has 4 N–H and O–H groups in total. The maximum absolute atomic E-state index is 11.1. The Balaban J connectivity index is 1.89. The summed E-state index contributed by atoms with van der Waals surface area (Å²) >= 11 is 6.14. The first-order chi connectivity index (χ1) is 11.6. The van der Waals surface area contributed by atoms with Crippen molar-refractivity contribution in [1.29, 1.82) is 0 Å². The van der Waals surface area contributed by atoms with Crippen LogP contribution >= 0.6 is 11.6 Å². The number of hydrogen-bond acceptors (Lipinski definition) is 5. The molecule has 0 spiro atoms. The van der Waals surface area contributed by atoms with Crippen molar-refractivity contribution in [3.63, 3.8) is 0 Å². The molecule has 0 saturated heterocycles. The molecule has 7 heteroatoms. The van der Waals surface area contributed by atoms with Crippen LogP contribution in [0.5, 0.6) is 0 Å². The molecule has 0 saturated carbocycles. The van der Waals surface area contributed by atoms with Crippen molar-refractivity contribution >= 4 is 17.6 Å². The average Bonchev–Trinajstić information content (AvgIpc) is 3.03. The number of hydrogen-bond donors (Lipinski definition) is 4. The van der Waals surface area contributed by atoms with Gasteiger partial charge in [-0.2, -0.15) is 0 Å². The molecule has 1 heterocycles. The molecule has 0 fully saturated rings. The molecule has 24 heavy (non-hydrogen) atoms.